The van der Waals surface area contributed by atoms with Gasteiger partial charge in [0.15, 0.2) is 0 Å². The molecule has 0 radical (unpaired) electrons. The van der Waals surface area contributed by atoms with E-state index in [1.165, 1.54) is 12.1 Å². The molecule has 1 aliphatic carbocycles. The second kappa shape index (κ2) is 4.44. The van der Waals surface area contributed by atoms with E-state index < -0.39 is 0 Å². The molecule has 2 rings (SSSR count). The van der Waals surface area contributed by atoms with E-state index in [9.17, 15) is 9.59 Å². The third-order valence-electron chi connectivity index (χ3n) is 2.67. The number of aliphatic hydroxyl groups is 1. The van der Waals surface area contributed by atoms with Crippen LogP contribution in [-0.2, 0) is 0 Å². The lowest BCUT2D eigenvalue weighted by Crippen LogP contribution is -2.38. The molecule has 16 heavy (non-hydrogen) atoms. The summed E-state index contributed by atoms with van der Waals surface area (Å²) < 4.78 is 0. The van der Waals surface area contributed by atoms with E-state index in [-0.39, 0.29) is 23.3 Å². The fourth-order valence-electron chi connectivity index (χ4n) is 1.67. The van der Waals surface area contributed by atoms with Crippen molar-refractivity contribution >= 4 is 5.91 Å². The summed E-state index contributed by atoms with van der Waals surface area (Å²) >= 11 is 0. The Morgan fingerprint density at radius 2 is 2.31 bits per heavy atom. The molecule has 1 amide bonds. The number of nitrogens with zero attached hydrogens (tertiary/aromatic N) is 1. The second-order valence-electron chi connectivity index (χ2n) is 4.01. The molecule has 0 aliphatic heterocycles. The molecule has 1 aliphatic rings. The Morgan fingerprint density at radius 3 is 2.88 bits per heavy atom. The molecule has 1 fully saturated rings. The number of aliphatic hydroxyl groups excluding tert-OH is 1. The number of hydrogen-bond donors (Lipinski definition) is 3. The summed E-state index contributed by atoms with van der Waals surface area (Å²) in [4.78, 5) is 22.2. The monoisotopic (exact) mass is 223 g/mol. The first-order chi connectivity index (χ1) is 7.65. The quantitative estimate of drug-likeness (QED) is 0.629. The van der Waals surface area contributed by atoms with Gasteiger partial charge in [0, 0.05) is 12.6 Å². The van der Waals surface area contributed by atoms with Gasteiger partial charge >= 0.3 is 0 Å². The van der Waals surface area contributed by atoms with Gasteiger partial charge in [0.05, 0.1) is 6.10 Å². The van der Waals surface area contributed by atoms with Gasteiger partial charge in [-0.15, -0.1) is 0 Å². The van der Waals surface area contributed by atoms with Crippen LogP contribution >= 0.6 is 0 Å². The summed E-state index contributed by atoms with van der Waals surface area (Å²) in [6, 6.07) is 2.64. The first-order valence-corrected chi connectivity index (χ1v) is 5.17. The predicted molar refractivity (Wildman–Crippen MR) is 55.9 cm³/mol. The van der Waals surface area contributed by atoms with Crippen LogP contribution in [0.4, 0.5) is 0 Å². The Morgan fingerprint density at radius 1 is 1.56 bits per heavy atom. The molecule has 1 heterocycles. The molecule has 1 aromatic rings. The maximum atomic E-state index is 11.5. The van der Waals surface area contributed by atoms with E-state index >= 15 is 0 Å². The molecular weight excluding hydrogens is 210 g/mol. The Hall–Kier alpha value is -1.69. The summed E-state index contributed by atoms with van der Waals surface area (Å²) in [5.74, 6) is 0.0411. The largest absolute Gasteiger partial charge is 0.393 e. The van der Waals surface area contributed by atoms with Crippen molar-refractivity contribution in [2.24, 2.45) is 5.92 Å². The third kappa shape index (κ3) is 2.46. The van der Waals surface area contributed by atoms with E-state index in [1.54, 1.807) is 0 Å². The number of carbonyl (C=O) groups is 1. The Bertz CT molecular complexity index is 417. The van der Waals surface area contributed by atoms with Crippen LogP contribution in [0.3, 0.4) is 0 Å². The van der Waals surface area contributed by atoms with Crippen molar-refractivity contribution < 1.29 is 9.90 Å². The molecule has 3 N–H and O–H groups in total. The van der Waals surface area contributed by atoms with Crippen LogP contribution in [0.1, 0.15) is 23.3 Å². The molecule has 0 aromatic carbocycles. The summed E-state index contributed by atoms with van der Waals surface area (Å²) in [6.07, 6.45) is 1.26. The average molecular weight is 223 g/mol. The van der Waals surface area contributed by atoms with Crippen LogP contribution in [-0.4, -0.2) is 33.9 Å². The molecule has 1 saturated carbocycles. The molecule has 0 atom stereocenters. The van der Waals surface area contributed by atoms with Gasteiger partial charge in [-0.25, -0.2) is 5.10 Å². The normalized spacial score (nSPS) is 23.6. The Labute approximate surface area is 91.7 Å². The van der Waals surface area contributed by atoms with Gasteiger partial charge in [-0.2, -0.15) is 5.10 Å². The second-order valence-corrected chi connectivity index (χ2v) is 4.01. The van der Waals surface area contributed by atoms with E-state index in [0.29, 0.717) is 12.5 Å². The van der Waals surface area contributed by atoms with Crippen LogP contribution in [0.25, 0.3) is 0 Å². The fourth-order valence-corrected chi connectivity index (χ4v) is 1.67. The van der Waals surface area contributed by atoms with Crippen molar-refractivity contribution in [2.45, 2.75) is 18.9 Å². The lowest BCUT2D eigenvalue weighted by molar-refractivity contribution is 0.0419. The predicted octanol–water partition coefficient (Wildman–Crippen LogP) is -0.729. The van der Waals surface area contributed by atoms with E-state index in [0.717, 1.165) is 12.8 Å². The number of nitrogens with one attached hydrogen (secondary N) is 2. The molecule has 6 nitrogen and oxygen atoms in total. The van der Waals surface area contributed by atoms with Crippen LogP contribution < -0.4 is 10.9 Å². The fraction of sp³-hybridized carbons (Fsp3) is 0.500. The summed E-state index contributed by atoms with van der Waals surface area (Å²) in [5, 5.41) is 17.6. The summed E-state index contributed by atoms with van der Waals surface area (Å²) in [5.41, 5.74) is -0.141. The SMILES string of the molecule is O=C(NCC1CC(O)C1)c1ccc(=O)[nH]n1. The zero-order chi connectivity index (χ0) is 11.5. The Balaban J connectivity index is 1.83. The van der Waals surface area contributed by atoms with Gasteiger partial charge < -0.3 is 10.4 Å². The van der Waals surface area contributed by atoms with E-state index in [4.69, 9.17) is 5.11 Å². The number of H-pyrrole nitrogens is 1. The van der Waals surface area contributed by atoms with Gasteiger partial charge in [0.1, 0.15) is 5.69 Å². The van der Waals surface area contributed by atoms with Gasteiger partial charge in [0.25, 0.3) is 11.5 Å². The lowest BCUT2D eigenvalue weighted by atomic mass is 9.82. The molecular formula is C10H13N3O3. The van der Waals surface area contributed by atoms with Crippen molar-refractivity contribution in [1.82, 2.24) is 15.5 Å². The smallest absolute Gasteiger partial charge is 0.271 e. The topological polar surface area (TPSA) is 95.1 Å². The molecule has 0 saturated heterocycles. The van der Waals surface area contributed by atoms with Crippen molar-refractivity contribution in [3.63, 3.8) is 0 Å². The van der Waals surface area contributed by atoms with Crippen molar-refractivity contribution in [2.75, 3.05) is 6.54 Å². The zero-order valence-corrected chi connectivity index (χ0v) is 8.64. The maximum Gasteiger partial charge on any atom is 0.271 e. The standard InChI is InChI=1S/C10H13N3O3/c14-7-3-6(4-7)5-11-10(16)8-1-2-9(15)13-12-8/h1-2,6-7,14H,3-5H2,(H,11,16)(H,13,15). The minimum absolute atomic E-state index is 0.194. The lowest BCUT2D eigenvalue weighted by Gasteiger charge is -2.31. The highest BCUT2D eigenvalue weighted by molar-refractivity contribution is 5.91. The first kappa shape index (κ1) is 10.8. The van der Waals surface area contributed by atoms with E-state index in [1.807, 2.05) is 0 Å². The maximum absolute atomic E-state index is 11.5. The number of rotatable bonds is 3. The van der Waals surface area contributed by atoms with Crippen LogP contribution in [0.15, 0.2) is 16.9 Å². The molecule has 0 bridgehead atoms. The van der Waals surface area contributed by atoms with Gasteiger partial charge in [-0.1, -0.05) is 0 Å². The molecule has 0 spiro atoms. The summed E-state index contributed by atoms with van der Waals surface area (Å²) in [7, 11) is 0. The van der Waals surface area contributed by atoms with Crippen molar-refractivity contribution in [3.8, 4) is 0 Å². The third-order valence-corrected chi connectivity index (χ3v) is 2.67. The van der Waals surface area contributed by atoms with Crippen LogP contribution in [0.5, 0.6) is 0 Å². The molecule has 1 aromatic heterocycles. The highest BCUT2D eigenvalue weighted by Gasteiger charge is 2.27. The van der Waals surface area contributed by atoms with Gasteiger partial charge in [0.2, 0.25) is 0 Å². The van der Waals surface area contributed by atoms with Crippen molar-refractivity contribution in [1.29, 1.82) is 0 Å². The summed E-state index contributed by atoms with van der Waals surface area (Å²) in [6.45, 7) is 0.538. The number of aromatic nitrogens is 2. The van der Waals surface area contributed by atoms with Crippen LogP contribution in [0.2, 0.25) is 0 Å². The zero-order valence-electron chi connectivity index (χ0n) is 8.64. The highest BCUT2D eigenvalue weighted by Crippen LogP contribution is 2.26. The first-order valence-electron chi connectivity index (χ1n) is 5.17. The molecule has 86 valence electrons. The molecule has 0 unspecified atom stereocenters. The van der Waals surface area contributed by atoms with Crippen molar-refractivity contribution in [3.05, 3.63) is 28.2 Å². The number of aromatic amines is 1. The number of carbonyl (C=O) groups excluding carboxylic acids is 1. The average Bonchev–Trinajstić information content (AvgIpc) is 2.23. The Kier molecular flexibility index (Phi) is 3.00. The molecule has 6 heteroatoms. The van der Waals surface area contributed by atoms with Gasteiger partial charge in [-0.3, -0.25) is 9.59 Å². The minimum Gasteiger partial charge on any atom is -0.393 e. The van der Waals surface area contributed by atoms with Crippen LogP contribution in [0, 0.1) is 5.92 Å². The minimum atomic E-state index is -0.335. The van der Waals surface area contributed by atoms with E-state index in [2.05, 4.69) is 15.5 Å². The number of hydrogen-bond acceptors (Lipinski definition) is 4. The highest BCUT2D eigenvalue weighted by atomic mass is 16.3. The van der Waals surface area contributed by atoms with Gasteiger partial charge in [-0.05, 0) is 24.8 Å². The number of amides is 1.